The van der Waals surface area contributed by atoms with Gasteiger partial charge in [0.1, 0.15) is 12.1 Å². The van der Waals surface area contributed by atoms with Gasteiger partial charge in [-0.1, -0.05) is 25.4 Å². The number of amides is 3. The number of nitrogens with one attached hydrogen (secondary N) is 2. The van der Waals surface area contributed by atoms with Crippen LogP contribution >= 0.6 is 11.6 Å². The predicted octanol–water partition coefficient (Wildman–Crippen LogP) is 0.508. The molecule has 0 fully saturated rings. The van der Waals surface area contributed by atoms with E-state index in [9.17, 15) is 14.4 Å². The highest BCUT2D eigenvalue weighted by Crippen LogP contribution is 2.11. The van der Waals surface area contributed by atoms with Crippen molar-refractivity contribution in [3.05, 3.63) is 34.9 Å². The number of nitrogens with two attached hydrogens (primary N) is 3. The molecule has 0 saturated heterocycles. The van der Waals surface area contributed by atoms with Gasteiger partial charge in [-0.25, -0.2) is 0 Å². The molecule has 0 spiro atoms. The molecule has 2 atom stereocenters. The topological polar surface area (TPSA) is 166 Å². The van der Waals surface area contributed by atoms with Gasteiger partial charge in [-0.3, -0.25) is 19.4 Å². The lowest BCUT2D eigenvalue weighted by Gasteiger charge is -2.23. The van der Waals surface area contributed by atoms with E-state index in [-0.39, 0.29) is 18.3 Å². The highest BCUT2D eigenvalue weighted by atomic mass is 35.5. The van der Waals surface area contributed by atoms with Crippen molar-refractivity contribution in [3.8, 4) is 0 Å². The molecule has 8 N–H and O–H groups in total. The third-order valence-corrected chi connectivity index (χ3v) is 4.29. The molecule has 1 aromatic carbocycles. The Bertz CT molecular complexity index is 732. The van der Waals surface area contributed by atoms with E-state index in [2.05, 4.69) is 15.6 Å². The van der Waals surface area contributed by atoms with Gasteiger partial charge < -0.3 is 27.8 Å². The maximum absolute atomic E-state index is 12.7. The Hall–Kier alpha value is -2.81. The lowest BCUT2D eigenvalue weighted by atomic mass is 10.0. The van der Waals surface area contributed by atoms with Crippen LogP contribution in [0.4, 0.5) is 0 Å². The van der Waals surface area contributed by atoms with E-state index in [1.165, 1.54) is 0 Å². The Morgan fingerprint density at radius 1 is 1.03 bits per heavy atom. The number of hydrogen-bond acceptors (Lipinski definition) is 4. The molecule has 0 unspecified atom stereocenters. The summed E-state index contributed by atoms with van der Waals surface area (Å²) >= 11 is 5.84. The zero-order valence-electron chi connectivity index (χ0n) is 16.7. The Balaban J connectivity index is 2.88. The number of halogens is 1. The second-order valence-electron chi connectivity index (χ2n) is 7.07. The van der Waals surface area contributed by atoms with Crippen molar-refractivity contribution in [2.75, 3.05) is 6.54 Å². The number of benzene rings is 1. The van der Waals surface area contributed by atoms with E-state index in [1.54, 1.807) is 24.3 Å². The number of primary amides is 1. The first kappa shape index (κ1) is 24.2. The summed E-state index contributed by atoms with van der Waals surface area (Å²) in [5, 5.41) is 5.80. The van der Waals surface area contributed by atoms with Gasteiger partial charge in [-0.15, -0.1) is 0 Å². The lowest BCUT2D eigenvalue weighted by Crippen LogP contribution is -2.53. The van der Waals surface area contributed by atoms with Crippen LogP contribution in [0.25, 0.3) is 0 Å². The number of aliphatic imine (C=N–C) groups is 1. The van der Waals surface area contributed by atoms with Gasteiger partial charge in [-0.05, 0) is 49.4 Å². The van der Waals surface area contributed by atoms with E-state index < -0.39 is 29.8 Å². The molecule has 1 aromatic rings. The SMILES string of the molecule is CC(C)C[C@H](NC(=O)[C@H](CCCN=C(N)N)NC(=O)c1ccc(Cl)cc1)C(N)=O. The van der Waals surface area contributed by atoms with Crippen molar-refractivity contribution in [1.29, 1.82) is 0 Å². The summed E-state index contributed by atoms with van der Waals surface area (Å²) in [4.78, 5) is 40.8. The first-order valence-corrected chi connectivity index (χ1v) is 9.69. The summed E-state index contributed by atoms with van der Waals surface area (Å²) in [6.07, 6.45) is 1.12. The second kappa shape index (κ2) is 11.9. The number of carbonyl (C=O) groups excluding carboxylic acids is 3. The molecule has 0 aromatic heterocycles. The molecule has 0 aliphatic heterocycles. The molecule has 0 aliphatic rings. The molecule has 0 aliphatic carbocycles. The standard InChI is InChI=1S/C19H29ClN6O3/c1-11(2)10-15(16(21)27)26-18(29)14(4-3-9-24-19(22)23)25-17(28)12-5-7-13(20)8-6-12/h5-8,11,14-15H,3-4,9-10H2,1-2H3,(H2,21,27)(H,25,28)(H,26,29)(H4,22,23,24)/t14-,15-/m0/s1. The number of guanidine groups is 1. The maximum atomic E-state index is 12.7. The van der Waals surface area contributed by atoms with E-state index in [1.807, 2.05) is 13.8 Å². The molecule has 10 heteroatoms. The second-order valence-corrected chi connectivity index (χ2v) is 7.51. The smallest absolute Gasteiger partial charge is 0.251 e. The van der Waals surface area contributed by atoms with Crippen LogP contribution < -0.4 is 27.8 Å². The van der Waals surface area contributed by atoms with Gasteiger partial charge >= 0.3 is 0 Å². The fourth-order valence-electron chi connectivity index (χ4n) is 2.61. The zero-order chi connectivity index (χ0) is 22.0. The third kappa shape index (κ3) is 9.29. The number of rotatable bonds is 11. The minimum Gasteiger partial charge on any atom is -0.370 e. The maximum Gasteiger partial charge on any atom is 0.251 e. The summed E-state index contributed by atoms with van der Waals surface area (Å²) in [5.74, 6) is -1.47. The molecule has 29 heavy (non-hydrogen) atoms. The molecular formula is C19H29ClN6O3. The molecule has 3 amide bonds. The quantitative estimate of drug-likeness (QED) is 0.198. The van der Waals surface area contributed by atoms with Crippen molar-refractivity contribution in [1.82, 2.24) is 10.6 Å². The van der Waals surface area contributed by atoms with Crippen molar-refractivity contribution in [3.63, 3.8) is 0 Å². The Labute approximate surface area is 175 Å². The largest absolute Gasteiger partial charge is 0.370 e. The third-order valence-electron chi connectivity index (χ3n) is 4.04. The van der Waals surface area contributed by atoms with Crippen LogP contribution in [-0.2, 0) is 9.59 Å². The van der Waals surface area contributed by atoms with Crippen molar-refractivity contribution in [2.24, 2.45) is 28.1 Å². The van der Waals surface area contributed by atoms with E-state index in [4.69, 9.17) is 28.8 Å². The van der Waals surface area contributed by atoms with Crippen LogP contribution in [0.2, 0.25) is 5.02 Å². The fraction of sp³-hybridized carbons (Fsp3) is 0.474. The Morgan fingerprint density at radius 2 is 1.66 bits per heavy atom. The number of hydrogen-bond donors (Lipinski definition) is 5. The monoisotopic (exact) mass is 424 g/mol. The average molecular weight is 425 g/mol. The molecule has 0 heterocycles. The van der Waals surface area contributed by atoms with Crippen molar-refractivity contribution in [2.45, 2.75) is 45.2 Å². The minimum absolute atomic E-state index is 0.0538. The normalized spacial score (nSPS) is 12.7. The molecule has 0 saturated carbocycles. The van der Waals surface area contributed by atoms with Crippen LogP contribution in [-0.4, -0.2) is 42.3 Å². The van der Waals surface area contributed by atoms with Crippen LogP contribution in [0.3, 0.4) is 0 Å². The number of nitrogens with zero attached hydrogens (tertiary/aromatic N) is 1. The summed E-state index contributed by atoms with van der Waals surface area (Å²) < 4.78 is 0. The van der Waals surface area contributed by atoms with Gasteiger partial charge in [-0.2, -0.15) is 0 Å². The molecule has 0 bridgehead atoms. The van der Waals surface area contributed by atoms with Gasteiger partial charge in [0.05, 0.1) is 0 Å². The van der Waals surface area contributed by atoms with E-state index in [0.29, 0.717) is 30.0 Å². The highest BCUT2D eigenvalue weighted by Gasteiger charge is 2.26. The Kier molecular flexibility index (Phi) is 9.94. The molecule has 160 valence electrons. The van der Waals surface area contributed by atoms with Gasteiger partial charge in [0.25, 0.3) is 5.91 Å². The summed E-state index contributed by atoms with van der Waals surface area (Å²) in [7, 11) is 0. The van der Waals surface area contributed by atoms with Gasteiger partial charge in [0.15, 0.2) is 5.96 Å². The molecule has 9 nitrogen and oxygen atoms in total. The molecule has 1 rings (SSSR count). The van der Waals surface area contributed by atoms with Crippen LogP contribution in [0.15, 0.2) is 29.3 Å². The fourth-order valence-corrected chi connectivity index (χ4v) is 2.73. The van der Waals surface area contributed by atoms with E-state index in [0.717, 1.165) is 0 Å². The van der Waals surface area contributed by atoms with Crippen LogP contribution in [0, 0.1) is 5.92 Å². The van der Waals surface area contributed by atoms with Gasteiger partial charge in [0.2, 0.25) is 11.8 Å². The first-order valence-electron chi connectivity index (χ1n) is 9.31. The summed E-state index contributed by atoms with van der Waals surface area (Å²) in [6.45, 7) is 4.13. The molecular weight excluding hydrogens is 396 g/mol. The zero-order valence-corrected chi connectivity index (χ0v) is 17.4. The van der Waals surface area contributed by atoms with Crippen LogP contribution in [0.5, 0.6) is 0 Å². The summed E-state index contributed by atoms with van der Waals surface area (Å²) in [5.41, 5.74) is 16.3. The van der Waals surface area contributed by atoms with Crippen molar-refractivity contribution >= 4 is 35.3 Å². The van der Waals surface area contributed by atoms with E-state index >= 15 is 0 Å². The summed E-state index contributed by atoms with van der Waals surface area (Å²) in [6, 6.07) is 4.55. The van der Waals surface area contributed by atoms with Gasteiger partial charge in [0, 0.05) is 17.1 Å². The predicted molar refractivity (Wildman–Crippen MR) is 113 cm³/mol. The number of carbonyl (C=O) groups is 3. The first-order chi connectivity index (χ1) is 13.6. The highest BCUT2D eigenvalue weighted by molar-refractivity contribution is 6.30. The lowest BCUT2D eigenvalue weighted by molar-refractivity contribution is -0.128. The Morgan fingerprint density at radius 3 is 2.17 bits per heavy atom. The van der Waals surface area contributed by atoms with Crippen LogP contribution in [0.1, 0.15) is 43.5 Å². The van der Waals surface area contributed by atoms with Crippen molar-refractivity contribution < 1.29 is 14.4 Å². The minimum atomic E-state index is -0.888. The average Bonchev–Trinajstić information content (AvgIpc) is 2.63. The molecule has 0 radical (unpaired) electrons.